The van der Waals surface area contributed by atoms with Crippen molar-refractivity contribution < 1.29 is 4.79 Å². The van der Waals surface area contributed by atoms with Crippen LogP contribution in [0.4, 0.5) is 5.69 Å². The molecule has 4 heteroatoms. The number of halogens is 1. The number of carbonyl (C=O) groups excluding carboxylic acids is 1. The number of anilines is 1. The average Bonchev–Trinajstić information content (AvgIpc) is 2.39. The Morgan fingerprint density at radius 1 is 1.37 bits per heavy atom. The fourth-order valence-corrected chi connectivity index (χ4v) is 2.96. The molecule has 1 amide bonds. The Labute approximate surface area is 119 Å². The number of hydrogen-bond donors (Lipinski definition) is 2. The maximum atomic E-state index is 12.2. The third-order valence-electron chi connectivity index (χ3n) is 3.97. The minimum atomic E-state index is -0.104. The van der Waals surface area contributed by atoms with Gasteiger partial charge in [-0.25, -0.2) is 0 Å². The smallest absolute Gasteiger partial charge is 0.253 e. The monoisotopic (exact) mass is 280 g/mol. The fraction of sp³-hybridized carbons (Fsp3) is 0.533. The van der Waals surface area contributed by atoms with E-state index in [4.69, 9.17) is 17.3 Å². The average molecular weight is 281 g/mol. The summed E-state index contributed by atoms with van der Waals surface area (Å²) in [5.41, 5.74) is 6.77. The number of hydrogen-bond acceptors (Lipinski definition) is 2. The van der Waals surface area contributed by atoms with Crippen molar-refractivity contribution in [3.05, 3.63) is 28.8 Å². The Hall–Kier alpha value is -1.22. The highest BCUT2D eigenvalue weighted by Crippen LogP contribution is 2.26. The van der Waals surface area contributed by atoms with E-state index in [0.717, 1.165) is 0 Å². The van der Waals surface area contributed by atoms with Crippen LogP contribution >= 0.6 is 11.6 Å². The number of nitrogens with one attached hydrogen (secondary N) is 1. The van der Waals surface area contributed by atoms with Gasteiger partial charge in [0, 0.05) is 16.8 Å². The molecule has 2 rings (SSSR count). The van der Waals surface area contributed by atoms with Gasteiger partial charge < -0.3 is 11.1 Å². The molecule has 0 radical (unpaired) electrons. The molecular weight excluding hydrogens is 260 g/mol. The number of nitrogens with two attached hydrogens (primary N) is 1. The molecule has 0 spiro atoms. The first-order valence-electron chi connectivity index (χ1n) is 6.94. The normalized spacial score (nSPS) is 18.0. The lowest BCUT2D eigenvalue weighted by molar-refractivity contribution is 0.0920. The SMILES string of the molecule is CC(NC(=O)c1ccc(Cl)cc1N)C1CCCCC1. The largest absolute Gasteiger partial charge is 0.398 e. The number of amides is 1. The maximum Gasteiger partial charge on any atom is 0.253 e. The van der Waals surface area contributed by atoms with Crippen LogP contribution in [0.5, 0.6) is 0 Å². The first-order chi connectivity index (χ1) is 9.08. The zero-order valence-electron chi connectivity index (χ0n) is 11.3. The lowest BCUT2D eigenvalue weighted by Crippen LogP contribution is -2.39. The van der Waals surface area contributed by atoms with Crippen LogP contribution in [0, 0.1) is 5.92 Å². The van der Waals surface area contributed by atoms with Gasteiger partial charge in [0.15, 0.2) is 0 Å². The Balaban J connectivity index is 1.99. The Kier molecular flexibility index (Phi) is 4.70. The molecule has 3 nitrogen and oxygen atoms in total. The standard InChI is InChI=1S/C15H21ClN2O/c1-10(11-5-3-2-4-6-11)18-15(19)13-8-7-12(16)9-14(13)17/h7-11H,2-6,17H2,1H3,(H,18,19). The van der Waals surface area contributed by atoms with Gasteiger partial charge in [-0.05, 0) is 43.9 Å². The van der Waals surface area contributed by atoms with Crippen LogP contribution in [0.1, 0.15) is 49.4 Å². The van der Waals surface area contributed by atoms with Crippen molar-refractivity contribution >= 4 is 23.2 Å². The topological polar surface area (TPSA) is 55.1 Å². The lowest BCUT2D eigenvalue weighted by atomic mass is 9.84. The molecule has 1 aliphatic carbocycles. The highest BCUT2D eigenvalue weighted by atomic mass is 35.5. The molecule has 1 aromatic rings. The number of carbonyl (C=O) groups is 1. The second-order valence-electron chi connectivity index (χ2n) is 5.39. The summed E-state index contributed by atoms with van der Waals surface area (Å²) >= 11 is 5.84. The summed E-state index contributed by atoms with van der Waals surface area (Å²) in [6.45, 7) is 2.08. The minimum absolute atomic E-state index is 0.104. The van der Waals surface area contributed by atoms with Gasteiger partial charge in [0.2, 0.25) is 0 Å². The first-order valence-corrected chi connectivity index (χ1v) is 7.31. The van der Waals surface area contributed by atoms with Gasteiger partial charge in [0.05, 0.1) is 5.56 Å². The molecule has 104 valence electrons. The Bertz CT molecular complexity index is 455. The molecule has 0 bridgehead atoms. The van der Waals surface area contributed by atoms with Gasteiger partial charge in [0.25, 0.3) is 5.91 Å². The molecule has 3 N–H and O–H groups in total. The predicted octanol–water partition coefficient (Wildman–Crippen LogP) is 3.62. The van der Waals surface area contributed by atoms with Gasteiger partial charge in [-0.1, -0.05) is 30.9 Å². The van der Waals surface area contributed by atoms with Crippen LogP contribution in [-0.2, 0) is 0 Å². The van der Waals surface area contributed by atoms with Crippen LogP contribution in [0.3, 0.4) is 0 Å². The molecule has 0 aromatic heterocycles. The van der Waals surface area contributed by atoms with Crippen molar-refractivity contribution in [3.8, 4) is 0 Å². The fourth-order valence-electron chi connectivity index (χ4n) is 2.78. The van der Waals surface area contributed by atoms with Crippen molar-refractivity contribution in [1.29, 1.82) is 0 Å². The molecule has 19 heavy (non-hydrogen) atoms. The van der Waals surface area contributed by atoms with Crippen molar-refractivity contribution in [2.24, 2.45) is 5.92 Å². The van der Waals surface area contributed by atoms with Crippen molar-refractivity contribution in [2.75, 3.05) is 5.73 Å². The van der Waals surface area contributed by atoms with E-state index in [1.54, 1.807) is 18.2 Å². The summed E-state index contributed by atoms with van der Waals surface area (Å²) in [7, 11) is 0. The summed E-state index contributed by atoms with van der Waals surface area (Å²) in [6.07, 6.45) is 6.28. The van der Waals surface area contributed by atoms with Crippen LogP contribution in [-0.4, -0.2) is 11.9 Å². The number of nitrogen functional groups attached to an aromatic ring is 1. The second kappa shape index (κ2) is 6.29. The van der Waals surface area contributed by atoms with E-state index >= 15 is 0 Å². The molecule has 1 fully saturated rings. The molecule has 1 unspecified atom stereocenters. The van der Waals surface area contributed by atoms with Gasteiger partial charge in [-0.15, -0.1) is 0 Å². The van der Waals surface area contributed by atoms with Gasteiger partial charge in [0.1, 0.15) is 0 Å². The van der Waals surface area contributed by atoms with E-state index in [-0.39, 0.29) is 11.9 Å². The van der Waals surface area contributed by atoms with Gasteiger partial charge in [-0.2, -0.15) is 0 Å². The number of benzene rings is 1. The van der Waals surface area contributed by atoms with E-state index in [1.165, 1.54) is 32.1 Å². The third kappa shape index (κ3) is 3.63. The summed E-state index contributed by atoms with van der Waals surface area (Å²) in [4.78, 5) is 12.2. The van der Waals surface area contributed by atoms with Crippen LogP contribution < -0.4 is 11.1 Å². The van der Waals surface area contributed by atoms with Gasteiger partial charge in [-0.3, -0.25) is 4.79 Å². The van der Waals surface area contributed by atoms with E-state index in [1.807, 2.05) is 0 Å². The Morgan fingerprint density at radius 2 is 2.05 bits per heavy atom. The maximum absolute atomic E-state index is 12.2. The highest BCUT2D eigenvalue weighted by Gasteiger charge is 2.22. The van der Waals surface area contributed by atoms with Crippen molar-refractivity contribution in [3.63, 3.8) is 0 Å². The molecule has 0 saturated heterocycles. The Morgan fingerprint density at radius 3 is 2.68 bits per heavy atom. The van der Waals surface area contributed by atoms with Crippen molar-refractivity contribution in [2.45, 2.75) is 45.1 Å². The predicted molar refractivity (Wildman–Crippen MR) is 79.4 cm³/mol. The quantitative estimate of drug-likeness (QED) is 0.831. The summed E-state index contributed by atoms with van der Waals surface area (Å²) in [5.74, 6) is 0.485. The first kappa shape index (κ1) is 14.2. The highest BCUT2D eigenvalue weighted by molar-refractivity contribution is 6.31. The minimum Gasteiger partial charge on any atom is -0.398 e. The zero-order chi connectivity index (χ0) is 13.8. The molecule has 0 aliphatic heterocycles. The van der Waals surface area contributed by atoms with Crippen LogP contribution in [0.25, 0.3) is 0 Å². The lowest BCUT2D eigenvalue weighted by Gasteiger charge is -2.28. The van der Waals surface area contributed by atoms with Crippen LogP contribution in [0.15, 0.2) is 18.2 Å². The molecule has 1 aromatic carbocycles. The van der Waals surface area contributed by atoms with E-state index < -0.39 is 0 Å². The number of rotatable bonds is 3. The van der Waals surface area contributed by atoms with Crippen LogP contribution in [0.2, 0.25) is 5.02 Å². The zero-order valence-corrected chi connectivity index (χ0v) is 12.0. The van der Waals surface area contributed by atoms with Crippen molar-refractivity contribution in [1.82, 2.24) is 5.32 Å². The third-order valence-corrected chi connectivity index (χ3v) is 4.21. The summed E-state index contributed by atoms with van der Waals surface area (Å²) in [5, 5.41) is 3.61. The molecule has 1 atom stereocenters. The van der Waals surface area contributed by atoms with E-state index in [0.29, 0.717) is 22.2 Å². The van der Waals surface area contributed by atoms with E-state index in [9.17, 15) is 4.79 Å². The molecule has 1 aliphatic rings. The molecule has 1 saturated carbocycles. The second-order valence-corrected chi connectivity index (χ2v) is 5.83. The summed E-state index contributed by atoms with van der Waals surface area (Å²) in [6, 6.07) is 5.18. The molecular formula is C15H21ClN2O. The van der Waals surface area contributed by atoms with E-state index in [2.05, 4.69) is 12.2 Å². The molecule has 0 heterocycles. The summed E-state index contributed by atoms with van der Waals surface area (Å²) < 4.78 is 0. The van der Waals surface area contributed by atoms with Gasteiger partial charge >= 0.3 is 0 Å².